The summed E-state index contributed by atoms with van der Waals surface area (Å²) in [6, 6.07) is 7.04. The van der Waals surface area contributed by atoms with Crippen molar-refractivity contribution >= 4 is 23.4 Å². The molecule has 1 aliphatic carbocycles. The lowest BCUT2D eigenvalue weighted by molar-refractivity contribution is -0.122. The number of primary amides is 1. The van der Waals surface area contributed by atoms with Crippen LogP contribution in [-0.4, -0.2) is 24.3 Å². The molecule has 0 radical (unpaired) electrons. The third-order valence-corrected chi connectivity index (χ3v) is 3.94. The van der Waals surface area contributed by atoms with Gasteiger partial charge < -0.3 is 16.4 Å². The Morgan fingerprint density at radius 2 is 1.87 bits per heavy atom. The van der Waals surface area contributed by atoms with Crippen LogP contribution in [0.1, 0.15) is 24.8 Å². The molecule has 0 unspecified atom stereocenters. The lowest BCUT2D eigenvalue weighted by Crippen LogP contribution is -2.33. The fraction of sp³-hybridized carbons (Fsp3) is 0.353. The summed E-state index contributed by atoms with van der Waals surface area (Å²) in [4.78, 5) is 34.1. The highest BCUT2D eigenvalue weighted by molar-refractivity contribution is 5.98. The smallest absolute Gasteiger partial charge is 0.247 e. The monoisotopic (exact) mass is 315 g/mol. The van der Waals surface area contributed by atoms with Gasteiger partial charge in [0.25, 0.3) is 0 Å². The third-order valence-electron chi connectivity index (χ3n) is 3.94. The highest BCUT2D eigenvalue weighted by Crippen LogP contribution is 2.47. The molecule has 1 aromatic rings. The van der Waals surface area contributed by atoms with Gasteiger partial charge in [0.05, 0.1) is 6.42 Å². The molecule has 1 fully saturated rings. The molecule has 2 rings (SSSR count). The van der Waals surface area contributed by atoms with E-state index in [1.807, 2.05) is 0 Å². The lowest BCUT2D eigenvalue weighted by atomic mass is 10.0. The highest BCUT2D eigenvalue weighted by Gasteiger charge is 2.43. The maximum atomic E-state index is 12.0. The number of carbonyl (C=O) groups excluding carboxylic acids is 3. The highest BCUT2D eigenvalue weighted by atomic mass is 16.2. The van der Waals surface area contributed by atoms with Crippen LogP contribution in [0.4, 0.5) is 5.69 Å². The maximum Gasteiger partial charge on any atom is 0.247 e. The van der Waals surface area contributed by atoms with Crippen molar-refractivity contribution in [3.8, 4) is 0 Å². The van der Waals surface area contributed by atoms with Gasteiger partial charge in [-0.1, -0.05) is 18.7 Å². The molecule has 6 nitrogen and oxygen atoms in total. The summed E-state index contributed by atoms with van der Waals surface area (Å²) in [5, 5.41) is 5.51. The Morgan fingerprint density at radius 3 is 2.39 bits per heavy atom. The summed E-state index contributed by atoms with van der Waals surface area (Å²) in [6.45, 7) is 3.87. The second-order valence-corrected chi connectivity index (χ2v) is 5.99. The fourth-order valence-corrected chi connectivity index (χ4v) is 2.40. The molecule has 3 amide bonds. The van der Waals surface area contributed by atoms with Crippen LogP contribution in [0.15, 0.2) is 36.9 Å². The molecule has 6 heteroatoms. The molecule has 1 aromatic carbocycles. The van der Waals surface area contributed by atoms with Gasteiger partial charge in [-0.3, -0.25) is 14.4 Å². The zero-order valence-corrected chi connectivity index (χ0v) is 12.9. The van der Waals surface area contributed by atoms with Crippen LogP contribution in [-0.2, 0) is 20.8 Å². The van der Waals surface area contributed by atoms with Crippen molar-refractivity contribution in [1.29, 1.82) is 0 Å². The number of nitrogens with two attached hydrogens (primary N) is 1. The first-order chi connectivity index (χ1) is 10.9. The van der Waals surface area contributed by atoms with E-state index in [0.717, 1.165) is 18.4 Å². The van der Waals surface area contributed by atoms with Gasteiger partial charge in [-0.2, -0.15) is 0 Å². The van der Waals surface area contributed by atoms with E-state index >= 15 is 0 Å². The van der Waals surface area contributed by atoms with Crippen LogP contribution in [0.25, 0.3) is 0 Å². The van der Waals surface area contributed by atoms with Gasteiger partial charge in [0.2, 0.25) is 17.7 Å². The lowest BCUT2D eigenvalue weighted by Gasteiger charge is -2.14. The van der Waals surface area contributed by atoms with E-state index in [1.165, 1.54) is 6.08 Å². The van der Waals surface area contributed by atoms with Crippen LogP contribution < -0.4 is 16.4 Å². The molecule has 0 atom stereocenters. The Kier molecular flexibility index (Phi) is 5.16. The first-order valence-corrected chi connectivity index (χ1v) is 7.50. The van der Waals surface area contributed by atoms with Crippen molar-refractivity contribution < 1.29 is 14.4 Å². The van der Waals surface area contributed by atoms with Crippen molar-refractivity contribution in [3.05, 3.63) is 42.5 Å². The molecule has 0 aromatic heterocycles. The fourth-order valence-electron chi connectivity index (χ4n) is 2.40. The summed E-state index contributed by atoms with van der Waals surface area (Å²) in [5.41, 5.74) is 6.59. The number of amides is 3. The van der Waals surface area contributed by atoms with Crippen LogP contribution in [0.5, 0.6) is 0 Å². The van der Waals surface area contributed by atoms with E-state index < -0.39 is 0 Å². The first-order valence-electron chi connectivity index (χ1n) is 7.50. The Morgan fingerprint density at radius 1 is 1.22 bits per heavy atom. The summed E-state index contributed by atoms with van der Waals surface area (Å²) in [6.07, 6.45) is 3.62. The van der Waals surface area contributed by atoms with E-state index in [4.69, 9.17) is 5.73 Å². The molecule has 0 bridgehead atoms. The molecule has 1 saturated carbocycles. The zero-order chi connectivity index (χ0) is 16.9. The van der Waals surface area contributed by atoms with Crippen LogP contribution in [0.2, 0.25) is 0 Å². The minimum Gasteiger partial charge on any atom is -0.370 e. The van der Waals surface area contributed by atoms with Crippen LogP contribution >= 0.6 is 0 Å². The van der Waals surface area contributed by atoms with Crippen molar-refractivity contribution in [3.63, 3.8) is 0 Å². The number of nitrogens with one attached hydrogen (secondary N) is 2. The van der Waals surface area contributed by atoms with Gasteiger partial charge in [0.1, 0.15) is 0 Å². The predicted octanol–water partition coefficient (Wildman–Crippen LogP) is 1.13. The molecular formula is C17H21N3O3. The van der Waals surface area contributed by atoms with Crippen LogP contribution in [0, 0.1) is 5.41 Å². The van der Waals surface area contributed by atoms with Crippen molar-refractivity contribution in [2.45, 2.75) is 25.7 Å². The van der Waals surface area contributed by atoms with E-state index in [1.54, 1.807) is 24.3 Å². The normalized spacial score (nSPS) is 14.6. The van der Waals surface area contributed by atoms with Gasteiger partial charge in [-0.05, 0) is 42.0 Å². The van der Waals surface area contributed by atoms with Crippen molar-refractivity contribution in [2.75, 3.05) is 11.9 Å². The molecule has 23 heavy (non-hydrogen) atoms. The second kappa shape index (κ2) is 7.09. The summed E-state index contributed by atoms with van der Waals surface area (Å²) in [5.74, 6) is -0.697. The Labute approximate surface area is 135 Å². The molecule has 0 heterocycles. The SMILES string of the molecule is C=CC(=O)Nc1ccc(CC(=O)NCC2(CC(N)=O)CC2)cc1. The molecule has 122 valence electrons. The van der Waals surface area contributed by atoms with Gasteiger partial charge in [-0.15, -0.1) is 0 Å². The summed E-state index contributed by atoms with van der Waals surface area (Å²) < 4.78 is 0. The molecule has 4 N–H and O–H groups in total. The van der Waals surface area contributed by atoms with Gasteiger partial charge in [0.15, 0.2) is 0 Å². The number of carbonyl (C=O) groups is 3. The first kappa shape index (κ1) is 16.7. The number of hydrogen-bond donors (Lipinski definition) is 3. The third kappa shape index (κ3) is 5.25. The largest absolute Gasteiger partial charge is 0.370 e. The number of hydrogen-bond acceptors (Lipinski definition) is 3. The number of rotatable bonds is 8. The van der Waals surface area contributed by atoms with E-state index in [-0.39, 0.29) is 29.6 Å². The topological polar surface area (TPSA) is 101 Å². The molecule has 0 aliphatic heterocycles. The summed E-state index contributed by atoms with van der Waals surface area (Å²) in [7, 11) is 0. The average molecular weight is 315 g/mol. The quantitative estimate of drug-likeness (QED) is 0.627. The second-order valence-electron chi connectivity index (χ2n) is 5.99. The van der Waals surface area contributed by atoms with E-state index in [2.05, 4.69) is 17.2 Å². The number of anilines is 1. The molecule has 1 aliphatic rings. The number of benzene rings is 1. The van der Waals surface area contributed by atoms with E-state index in [9.17, 15) is 14.4 Å². The molecular weight excluding hydrogens is 294 g/mol. The van der Waals surface area contributed by atoms with Crippen LogP contribution in [0.3, 0.4) is 0 Å². The molecule has 0 saturated heterocycles. The van der Waals surface area contributed by atoms with Gasteiger partial charge in [0, 0.05) is 18.7 Å². The van der Waals surface area contributed by atoms with Crippen molar-refractivity contribution in [2.24, 2.45) is 11.1 Å². The minimum atomic E-state index is -0.325. The zero-order valence-electron chi connectivity index (χ0n) is 12.9. The summed E-state index contributed by atoms with van der Waals surface area (Å²) >= 11 is 0. The Hall–Kier alpha value is -2.63. The van der Waals surface area contributed by atoms with Gasteiger partial charge >= 0.3 is 0 Å². The minimum absolute atomic E-state index is 0.0939. The van der Waals surface area contributed by atoms with Gasteiger partial charge in [-0.25, -0.2) is 0 Å². The maximum absolute atomic E-state index is 12.0. The van der Waals surface area contributed by atoms with E-state index in [0.29, 0.717) is 18.7 Å². The predicted molar refractivity (Wildman–Crippen MR) is 87.5 cm³/mol. The average Bonchev–Trinajstić information content (AvgIpc) is 3.26. The molecule has 0 spiro atoms. The Bertz CT molecular complexity index is 618. The standard InChI is InChI=1S/C17H21N3O3/c1-2-15(22)20-13-5-3-12(4-6-13)9-16(23)19-11-17(7-8-17)10-14(18)21/h2-6H,1,7-11H2,(H2,18,21)(H,19,23)(H,20,22). The van der Waals surface area contributed by atoms with Crippen molar-refractivity contribution in [1.82, 2.24) is 5.32 Å². The Balaban J connectivity index is 1.80.